The van der Waals surface area contributed by atoms with Crippen LogP contribution in [0.2, 0.25) is 0 Å². The summed E-state index contributed by atoms with van der Waals surface area (Å²) in [4.78, 5) is 2.37. The first-order valence-corrected chi connectivity index (χ1v) is 17.5. The van der Waals surface area contributed by atoms with Crippen molar-refractivity contribution in [2.24, 2.45) is 0 Å². The monoisotopic (exact) mass is 647 g/mol. The second kappa shape index (κ2) is 12.0. The fourth-order valence-electron chi connectivity index (χ4n) is 7.24. The highest BCUT2D eigenvalue weighted by atomic mass is 32.1. The van der Waals surface area contributed by atoms with Crippen LogP contribution in [0.4, 0.5) is 17.1 Å². The zero-order valence-corrected chi connectivity index (χ0v) is 28.2. The summed E-state index contributed by atoms with van der Waals surface area (Å²) >= 11 is 1.86. The van der Waals surface area contributed by atoms with Gasteiger partial charge in [0.1, 0.15) is 11.2 Å². The zero-order valence-electron chi connectivity index (χ0n) is 27.4. The molecule has 0 N–H and O–H groups in total. The first kappa shape index (κ1) is 29.3. The van der Waals surface area contributed by atoms with Crippen molar-refractivity contribution in [1.29, 1.82) is 0 Å². The molecule has 0 spiro atoms. The molecule has 3 heteroatoms. The van der Waals surface area contributed by atoms with Gasteiger partial charge in [-0.25, -0.2) is 0 Å². The molecule has 2 aromatic heterocycles. The average Bonchev–Trinajstić information content (AvgIpc) is 3.72. The van der Waals surface area contributed by atoms with E-state index in [0.717, 1.165) is 39.0 Å². The summed E-state index contributed by atoms with van der Waals surface area (Å²) in [6, 6.07) is 56.7. The molecule has 9 aromatic rings. The Morgan fingerprint density at radius 2 is 1.29 bits per heavy atom. The molecule has 234 valence electrons. The highest BCUT2D eigenvalue weighted by Gasteiger charge is 2.20. The van der Waals surface area contributed by atoms with Gasteiger partial charge in [-0.05, 0) is 102 Å². The van der Waals surface area contributed by atoms with E-state index >= 15 is 0 Å². The molecule has 9 rings (SSSR count). The summed E-state index contributed by atoms with van der Waals surface area (Å²) < 4.78 is 9.00. The van der Waals surface area contributed by atoms with Gasteiger partial charge in [-0.3, -0.25) is 0 Å². The van der Waals surface area contributed by atoms with Gasteiger partial charge in [0.2, 0.25) is 0 Å². The third kappa shape index (κ3) is 5.02. The third-order valence-electron chi connectivity index (χ3n) is 9.60. The lowest BCUT2D eigenvalue weighted by Crippen LogP contribution is -2.10. The van der Waals surface area contributed by atoms with Gasteiger partial charge in [-0.2, -0.15) is 0 Å². The Kier molecular flexibility index (Phi) is 7.14. The number of anilines is 3. The number of allylic oxidation sites excluding steroid dienone is 1. The SMILES string of the molecule is C/C=C(/c1cccc(N(c2ccc(-c3ccc4c(c3)sc3ccccc34)cc2)c2cccc3oc4ccccc4c23)c1)c1ccccc1C. The van der Waals surface area contributed by atoms with Crippen LogP contribution in [-0.4, -0.2) is 0 Å². The van der Waals surface area contributed by atoms with Crippen molar-refractivity contribution >= 4 is 76.1 Å². The summed E-state index contributed by atoms with van der Waals surface area (Å²) in [5.74, 6) is 0. The van der Waals surface area contributed by atoms with Crippen LogP contribution in [0.15, 0.2) is 168 Å². The van der Waals surface area contributed by atoms with Gasteiger partial charge in [0.15, 0.2) is 0 Å². The molecule has 0 fully saturated rings. The van der Waals surface area contributed by atoms with E-state index in [9.17, 15) is 0 Å². The number of para-hydroxylation sites is 1. The largest absolute Gasteiger partial charge is 0.456 e. The lowest BCUT2D eigenvalue weighted by molar-refractivity contribution is 0.669. The van der Waals surface area contributed by atoms with Crippen molar-refractivity contribution in [3.8, 4) is 11.1 Å². The van der Waals surface area contributed by atoms with E-state index in [-0.39, 0.29) is 0 Å². The van der Waals surface area contributed by atoms with Gasteiger partial charge in [0.25, 0.3) is 0 Å². The van der Waals surface area contributed by atoms with Crippen molar-refractivity contribution in [2.45, 2.75) is 13.8 Å². The number of fused-ring (bicyclic) bond motifs is 6. The van der Waals surface area contributed by atoms with Crippen molar-refractivity contribution in [3.63, 3.8) is 0 Å². The Labute approximate surface area is 289 Å². The van der Waals surface area contributed by atoms with Crippen molar-refractivity contribution in [2.75, 3.05) is 4.90 Å². The fourth-order valence-corrected chi connectivity index (χ4v) is 8.39. The quantitative estimate of drug-likeness (QED) is 0.179. The number of aryl methyl sites for hydroxylation is 1. The van der Waals surface area contributed by atoms with Crippen LogP contribution < -0.4 is 4.90 Å². The van der Waals surface area contributed by atoms with E-state index < -0.39 is 0 Å². The van der Waals surface area contributed by atoms with Crippen molar-refractivity contribution in [1.82, 2.24) is 0 Å². The molecular weight excluding hydrogens is 615 g/mol. The Balaban J connectivity index is 1.20. The minimum Gasteiger partial charge on any atom is -0.456 e. The summed E-state index contributed by atoms with van der Waals surface area (Å²) in [5, 5.41) is 4.86. The number of hydrogen-bond acceptors (Lipinski definition) is 3. The Bertz CT molecular complexity index is 2690. The van der Waals surface area contributed by atoms with Crippen molar-refractivity contribution < 1.29 is 4.42 Å². The van der Waals surface area contributed by atoms with Gasteiger partial charge >= 0.3 is 0 Å². The summed E-state index contributed by atoms with van der Waals surface area (Å²) in [6.45, 7) is 4.30. The molecule has 0 saturated carbocycles. The zero-order chi connectivity index (χ0) is 32.9. The molecule has 0 amide bonds. The minimum absolute atomic E-state index is 0.877. The summed E-state index contributed by atoms with van der Waals surface area (Å²) in [7, 11) is 0. The average molecular weight is 648 g/mol. The fraction of sp³-hybridized carbons (Fsp3) is 0.0435. The second-order valence-electron chi connectivity index (χ2n) is 12.5. The Hall–Kier alpha value is -5.90. The van der Waals surface area contributed by atoms with Gasteiger partial charge in [0, 0.05) is 36.9 Å². The van der Waals surface area contributed by atoms with Crippen LogP contribution >= 0.6 is 11.3 Å². The number of thiophene rings is 1. The van der Waals surface area contributed by atoms with Gasteiger partial charge in [0.05, 0.1) is 11.1 Å². The Morgan fingerprint density at radius 1 is 0.571 bits per heavy atom. The van der Waals surface area contributed by atoms with Crippen LogP contribution in [0, 0.1) is 6.92 Å². The van der Waals surface area contributed by atoms with E-state index in [2.05, 4.69) is 170 Å². The minimum atomic E-state index is 0.877. The van der Waals surface area contributed by atoms with Gasteiger partial charge in [-0.15, -0.1) is 11.3 Å². The maximum Gasteiger partial charge on any atom is 0.137 e. The highest BCUT2D eigenvalue weighted by Crippen LogP contribution is 2.44. The Morgan fingerprint density at radius 3 is 2.14 bits per heavy atom. The lowest BCUT2D eigenvalue weighted by Gasteiger charge is -2.27. The first-order chi connectivity index (χ1) is 24.2. The molecule has 0 bridgehead atoms. The van der Waals surface area contributed by atoms with Gasteiger partial charge in [-0.1, -0.05) is 109 Å². The molecule has 0 radical (unpaired) electrons. The summed E-state index contributed by atoms with van der Waals surface area (Å²) in [5.41, 5.74) is 12.3. The molecule has 0 atom stereocenters. The number of nitrogens with zero attached hydrogens (tertiary/aromatic N) is 1. The molecule has 0 saturated heterocycles. The van der Waals surface area contributed by atoms with E-state index in [4.69, 9.17) is 4.42 Å². The van der Waals surface area contributed by atoms with Gasteiger partial charge < -0.3 is 9.32 Å². The molecular formula is C46H33NOS. The summed E-state index contributed by atoms with van der Waals surface area (Å²) in [6.07, 6.45) is 2.22. The van der Waals surface area contributed by atoms with Crippen LogP contribution in [0.5, 0.6) is 0 Å². The number of rotatable bonds is 6. The lowest BCUT2D eigenvalue weighted by atomic mass is 9.94. The van der Waals surface area contributed by atoms with E-state index in [1.165, 1.54) is 53.6 Å². The van der Waals surface area contributed by atoms with E-state index in [1.54, 1.807) is 0 Å². The highest BCUT2D eigenvalue weighted by molar-refractivity contribution is 7.25. The molecule has 0 unspecified atom stereocenters. The second-order valence-corrected chi connectivity index (χ2v) is 13.6. The molecule has 49 heavy (non-hydrogen) atoms. The number of furan rings is 1. The molecule has 0 aliphatic heterocycles. The number of benzene rings is 7. The topological polar surface area (TPSA) is 16.4 Å². The predicted molar refractivity (Wildman–Crippen MR) is 211 cm³/mol. The smallest absolute Gasteiger partial charge is 0.137 e. The van der Waals surface area contributed by atoms with Crippen LogP contribution in [0.1, 0.15) is 23.6 Å². The van der Waals surface area contributed by atoms with Crippen LogP contribution in [0.25, 0.3) is 58.8 Å². The molecule has 2 nitrogen and oxygen atoms in total. The molecule has 7 aromatic carbocycles. The number of hydrogen-bond donors (Lipinski definition) is 0. The predicted octanol–water partition coefficient (Wildman–Crippen LogP) is 13.9. The molecule has 0 aliphatic rings. The maximum atomic E-state index is 6.36. The third-order valence-corrected chi connectivity index (χ3v) is 10.7. The van der Waals surface area contributed by atoms with Crippen LogP contribution in [0.3, 0.4) is 0 Å². The van der Waals surface area contributed by atoms with E-state index in [1.807, 2.05) is 23.5 Å². The molecule has 0 aliphatic carbocycles. The standard InChI is InChI=1S/C46H33NOS/c1-3-36(37-15-5-4-12-30(37)2)33-13-10-14-35(28-33)47(41-18-11-20-43-46(41)40-17-6-8-19-42(40)48-43)34-25-22-31(23-26-34)32-24-27-39-38-16-7-9-21-44(38)49-45(39)29-32/h3-29H,1-2H3/b36-3-. The van der Waals surface area contributed by atoms with Crippen molar-refractivity contribution in [3.05, 3.63) is 180 Å². The van der Waals surface area contributed by atoms with E-state index in [0.29, 0.717) is 0 Å². The molecule has 2 heterocycles. The van der Waals surface area contributed by atoms with Crippen LogP contribution in [-0.2, 0) is 0 Å². The normalized spacial score (nSPS) is 12.0. The maximum absolute atomic E-state index is 6.36. The first-order valence-electron chi connectivity index (χ1n) is 16.7.